The molecular weight excluding hydrogens is 218 g/mol. The van der Waals surface area contributed by atoms with Gasteiger partial charge in [0, 0.05) is 0 Å². The molecule has 0 amide bonds. The quantitative estimate of drug-likeness (QED) is 0.821. The first-order valence-electron chi connectivity index (χ1n) is 5.33. The van der Waals surface area contributed by atoms with Crippen LogP contribution in [-0.2, 0) is 5.41 Å². The third kappa shape index (κ3) is 3.49. The molecule has 88 valence electrons. The van der Waals surface area contributed by atoms with Gasteiger partial charge in [0.1, 0.15) is 17.3 Å². The minimum Gasteiger partial charge on any atom is -0.486 e. The predicted molar refractivity (Wildman–Crippen MR) is 72.2 cm³/mol. The second-order valence-electron chi connectivity index (χ2n) is 4.99. The van der Waals surface area contributed by atoms with Crippen LogP contribution in [0.4, 0.5) is 0 Å². The summed E-state index contributed by atoms with van der Waals surface area (Å²) in [6.45, 7) is 8.90. The molecule has 1 aromatic carbocycles. The summed E-state index contributed by atoms with van der Waals surface area (Å²) in [5.74, 6) is 0.848. The molecular formula is C13H19NOS. The summed E-state index contributed by atoms with van der Waals surface area (Å²) in [5.41, 5.74) is 7.97. The van der Waals surface area contributed by atoms with Crippen molar-refractivity contribution in [2.24, 2.45) is 5.73 Å². The number of thiocarbonyl (C=S) groups is 1. The molecule has 1 aromatic rings. The van der Waals surface area contributed by atoms with Gasteiger partial charge in [0.15, 0.2) is 0 Å². The van der Waals surface area contributed by atoms with Gasteiger partial charge in [-0.1, -0.05) is 45.1 Å². The fourth-order valence-corrected chi connectivity index (χ4v) is 1.49. The third-order valence-corrected chi connectivity index (χ3v) is 2.53. The van der Waals surface area contributed by atoms with Gasteiger partial charge >= 0.3 is 0 Å². The number of ether oxygens (including phenoxy) is 1. The zero-order valence-corrected chi connectivity index (χ0v) is 11.1. The van der Waals surface area contributed by atoms with Crippen molar-refractivity contribution in [2.75, 3.05) is 6.61 Å². The molecule has 0 fully saturated rings. The fraction of sp³-hybridized carbons (Fsp3) is 0.462. The lowest BCUT2D eigenvalue weighted by Gasteiger charge is -2.20. The molecule has 0 spiro atoms. The van der Waals surface area contributed by atoms with Gasteiger partial charge in [-0.15, -0.1) is 0 Å². The molecule has 0 saturated heterocycles. The van der Waals surface area contributed by atoms with Crippen molar-refractivity contribution in [3.63, 3.8) is 0 Å². The minimum absolute atomic E-state index is 0.159. The smallest absolute Gasteiger partial charge is 0.138 e. The summed E-state index contributed by atoms with van der Waals surface area (Å²) in [4.78, 5) is 0.374. The zero-order valence-electron chi connectivity index (χ0n) is 10.3. The third-order valence-electron chi connectivity index (χ3n) is 2.41. The van der Waals surface area contributed by atoms with Crippen molar-refractivity contribution in [1.29, 1.82) is 0 Å². The molecule has 0 atom stereocenters. The molecule has 3 heteroatoms. The molecule has 0 heterocycles. The van der Waals surface area contributed by atoms with Crippen LogP contribution < -0.4 is 10.5 Å². The second-order valence-corrected chi connectivity index (χ2v) is 5.51. The van der Waals surface area contributed by atoms with Crippen LogP contribution in [0, 0.1) is 6.92 Å². The van der Waals surface area contributed by atoms with Crippen molar-refractivity contribution in [2.45, 2.75) is 33.1 Å². The summed E-state index contributed by atoms with van der Waals surface area (Å²) in [6.07, 6.45) is 0. The average molecular weight is 237 g/mol. The highest BCUT2D eigenvalue weighted by Crippen LogP contribution is 2.27. The number of hydrogen-bond donors (Lipinski definition) is 1. The van der Waals surface area contributed by atoms with Gasteiger partial charge in [-0.3, -0.25) is 0 Å². The highest BCUT2D eigenvalue weighted by Gasteiger charge is 2.14. The highest BCUT2D eigenvalue weighted by atomic mass is 32.1. The van der Waals surface area contributed by atoms with Crippen LogP contribution in [0.5, 0.6) is 5.75 Å². The zero-order chi connectivity index (χ0) is 12.3. The molecule has 0 aliphatic heterocycles. The van der Waals surface area contributed by atoms with E-state index in [2.05, 4.69) is 32.9 Å². The summed E-state index contributed by atoms with van der Waals surface area (Å²) < 4.78 is 5.50. The number of benzene rings is 1. The number of nitrogens with two attached hydrogens (primary N) is 1. The molecule has 2 N–H and O–H groups in total. The molecule has 0 aliphatic carbocycles. The van der Waals surface area contributed by atoms with E-state index in [0.717, 1.165) is 11.3 Å². The van der Waals surface area contributed by atoms with Crippen LogP contribution in [0.15, 0.2) is 18.2 Å². The molecule has 16 heavy (non-hydrogen) atoms. The first kappa shape index (κ1) is 13.0. The van der Waals surface area contributed by atoms with E-state index in [1.54, 1.807) is 0 Å². The summed E-state index contributed by atoms with van der Waals surface area (Å²) in [6, 6.07) is 6.21. The van der Waals surface area contributed by atoms with Crippen molar-refractivity contribution in [1.82, 2.24) is 0 Å². The SMILES string of the molecule is Cc1cc(C(C)(C)C)ccc1OCC(N)=S. The molecule has 0 aromatic heterocycles. The number of rotatable bonds is 3. The molecule has 1 rings (SSSR count). The van der Waals surface area contributed by atoms with Crippen molar-refractivity contribution in [3.8, 4) is 5.75 Å². The molecule has 0 aliphatic rings. The van der Waals surface area contributed by atoms with Crippen LogP contribution in [0.25, 0.3) is 0 Å². The van der Waals surface area contributed by atoms with Crippen LogP contribution in [0.3, 0.4) is 0 Å². The number of aryl methyl sites for hydroxylation is 1. The average Bonchev–Trinajstić information content (AvgIpc) is 2.14. The first-order chi connectivity index (χ1) is 7.30. The Kier molecular flexibility index (Phi) is 3.92. The maximum Gasteiger partial charge on any atom is 0.138 e. The van der Waals surface area contributed by atoms with Crippen molar-refractivity contribution >= 4 is 17.2 Å². The Morgan fingerprint density at radius 3 is 2.44 bits per heavy atom. The fourth-order valence-electron chi connectivity index (χ4n) is 1.43. The van der Waals surface area contributed by atoms with Gasteiger partial charge in [0.05, 0.1) is 0 Å². The lowest BCUT2D eigenvalue weighted by molar-refractivity contribution is 0.374. The van der Waals surface area contributed by atoms with Crippen molar-refractivity contribution < 1.29 is 4.74 Å². The Hall–Kier alpha value is -1.09. The monoisotopic (exact) mass is 237 g/mol. The van der Waals surface area contributed by atoms with E-state index in [1.807, 2.05) is 13.0 Å². The largest absolute Gasteiger partial charge is 0.486 e. The topological polar surface area (TPSA) is 35.2 Å². The molecule has 0 unspecified atom stereocenters. The maximum atomic E-state index is 5.50. The van der Waals surface area contributed by atoms with Crippen LogP contribution in [-0.4, -0.2) is 11.6 Å². The Bertz CT molecular complexity index is 393. The highest BCUT2D eigenvalue weighted by molar-refractivity contribution is 7.80. The summed E-state index contributed by atoms with van der Waals surface area (Å²) in [5, 5.41) is 0. The Morgan fingerprint density at radius 1 is 1.38 bits per heavy atom. The second kappa shape index (κ2) is 4.83. The van der Waals surface area contributed by atoms with Crippen LogP contribution >= 0.6 is 12.2 Å². The van der Waals surface area contributed by atoms with E-state index in [-0.39, 0.29) is 5.41 Å². The lowest BCUT2D eigenvalue weighted by Crippen LogP contribution is -2.18. The molecule has 0 radical (unpaired) electrons. The number of hydrogen-bond acceptors (Lipinski definition) is 2. The standard InChI is InChI=1S/C13H19NOS/c1-9-7-10(13(2,3)4)5-6-11(9)15-8-12(14)16/h5-7H,8H2,1-4H3,(H2,14,16). The van der Waals surface area contributed by atoms with E-state index in [4.69, 9.17) is 22.7 Å². The maximum absolute atomic E-state index is 5.50. The van der Waals surface area contributed by atoms with Crippen LogP contribution in [0.1, 0.15) is 31.9 Å². The van der Waals surface area contributed by atoms with E-state index < -0.39 is 0 Å². The van der Waals surface area contributed by atoms with Gasteiger partial charge in [0.2, 0.25) is 0 Å². The van der Waals surface area contributed by atoms with Crippen molar-refractivity contribution in [3.05, 3.63) is 29.3 Å². The predicted octanol–water partition coefficient (Wildman–Crippen LogP) is 2.96. The normalized spacial score (nSPS) is 11.2. The summed E-state index contributed by atoms with van der Waals surface area (Å²) >= 11 is 4.78. The van der Waals surface area contributed by atoms with Crippen LogP contribution in [0.2, 0.25) is 0 Å². The molecule has 2 nitrogen and oxygen atoms in total. The van der Waals surface area contributed by atoms with E-state index in [1.165, 1.54) is 5.56 Å². The Balaban J connectivity index is 2.88. The minimum atomic E-state index is 0.159. The molecule has 0 bridgehead atoms. The van der Waals surface area contributed by atoms with Gasteiger partial charge in [-0.05, 0) is 29.5 Å². The van der Waals surface area contributed by atoms with Gasteiger partial charge in [-0.2, -0.15) is 0 Å². The Labute approximate surface area is 103 Å². The van der Waals surface area contributed by atoms with Gasteiger partial charge in [0.25, 0.3) is 0 Å². The summed E-state index contributed by atoms with van der Waals surface area (Å²) in [7, 11) is 0. The van der Waals surface area contributed by atoms with Gasteiger partial charge in [-0.25, -0.2) is 0 Å². The Morgan fingerprint density at radius 2 is 2.00 bits per heavy atom. The van der Waals surface area contributed by atoms with E-state index >= 15 is 0 Å². The molecule has 0 saturated carbocycles. The lowest BCUT2D eigenvalue weighted by atomic mass is 9.86. The first-order valence-corrected chi connectivity index (χ1v) is 5.74. The van der Waals surface area contributed by atoms with E-state index in [0.29, 0.717) is 11.6 Å². The van der Waals surface area contributed by atoms with E-state index in [9.17, 15) is 0 Å². The van der Waals surface area contributed by atoms with Gasteiger partial charge < -0.3 is 10.5 Å².